The highest BCUT2D eigenvalue weighted by molar-refractivity contribution is 6.36. The zero-order valence-electron chi connectivity index (χ0n) is 9.22. The van der Waals surface area contributed by atoms with Crippen molar-refractivity contribution >= 4 is 35.0 Å². The number of hydrogen-bond donors (Lipinski definition) is 2. The van der Waals surface area contributed by atoms with Crippen molar-refractivity contribution in [3.63, 3.8) is 0 Å². The van der Waals surface area contributed by atoms with Crippen LogP contribution in [0.3, 0.4) is 0 Å². The first kappa shape index (κ1) is 13.8. The van der Waals surface area contributed by atoms with Crippen LogP contribution in [0.2, 0.25) is 10.0 Å². The Morgan fingerprint density at radius 2 is 1.82 bits per heavy atom. The van der Waals surface area contributed by atoms with E-state index in [1.165, 1.54) is 13.0 Å². The van der Waals surface area contributed by atoms with Crippen LogP contribution in [0.4, 0.5) is 0 Å². The predicted molar refractivity (Wildman–Crippen MR) is 67.5 cm³/mol. The van der Waals surface area contributed by atoms with Crippen LogP contribution >= 0.6 is 23.2 Å². The second-order valence-electron chi connectivity index (χ2n) is 3.36. The predicted octanol–water partition coefficient (Wildman–Crippen LogP) is 1.86. The maximum absolute atomic E-state index is 11.7. The van der Waals surface area contributed by atoms with Gasteiger partial charge >= 0.3 is 0 Å². The summed E-state index contributed by atoms with van der Waals surface area (Å²) in [6.45, 7) is 2.14. The first-order chi connectivity index (χ1) is 8.00. The van der Waals surface area contributed by atoms with Crippen molar-refractivity contribution in [1.29, 1.82) is 0 Å². The summed E-state index contributed by atoms with van der Waals surface area (Å²) in [5, 5.41) is 5.98. The third-order valence-corrected chi connectivity index (χ3v) is 2.51. The summed E-state index contributed by atoms with van der Waals surface area (Å²) in [6, 6.07) is 4.65. The molecule has 17 heavy (non-hydrogen) atoms. The number of carbonyl (C=O) groups is 2. The molecule has 0 saturated heterocycles. The van der Waals surface area contributed by atoms with Gasteiger partial charge in [-0.15, -0.1) is 0 Å². The number of benzene rings is 1. The van der Waals surface area contributed by atoms with E-state index in [4.69, 9.17) is 23.2 Å². The fourth-order valence-electron chi connectivity index (χ4n) is 1.18. The molecule has 1 aromatic rings. The molecule has 0 fully saturated rings. The molecule has 0 aromatic heterocycles. The Balaban J connectivity index is 2.50. The molecule has 0 spiro atoms. The van der Waals surface area contributed by atoms with E-state index < -0.39 is 0 Å². The minimum absolute atomic E-state index is 0.135. The lowest BCUT2D eigenvalue weighted by Gasteiger charge is -2.07. The Labute approximate surface area is 109 Å². The second kappa shape index (κ2) is 6.47. The maximum Gasteiger partial charge on any atom is 0.252 e. The molecule has 2 N–H and O–H groups in total. The number of amides is 2. The third-order valence-electron chi connectivity index (χ3n) is 1.96. The summed E-state index contributed by atoms with van der Waals surface area (Å²) < 4.78 is 0. The van der Waals surface area contributed by atoms with Crippen LogP contribution in [0.1, 0.15) is 17.3 Å². The van der Waals surface area contributed by atoms with E-state index in [9.17, 15) is 9.59 Å². The Morgan fingerprint density at radius 1 is 1.18 bits per heavy atom. The quantitative estimate of drug-likeness (QED) is 0.824. The normalized spacial score (nSPS) is 9.82. The lowest BCUT2D eigenvalue weighted by Crippen LogP contribution is -2.33. The minimum Gasteiger partial charge on any atom is -0.355 e. The van der Waals surface area contributed by atoms with Crippen molar-refractivity contribution in [2.24, 2.45) is 0 Å². The van der Waals surface area contributed by atoms with Gasteiger partial charge in [-0.3, -0.25) is 9.59 Å². The van der Waals surface area contributed by atoms with Crippen LogP contribution in [0, 0.1) is 0 Å². The SMILES string of the molecule is CC(=O)NCCNC(=O)c1ccc(Cl)cc1Cl. The van der Waals surface area contributed by atoms with E-state index >= 15 is 0 Å². The molecule has 0 aliphatic carbocycles. The van der Waals surface area contributed by atoms with Crippen molar-refractivity contribution in [3.8, 4) is 0 Å². The Morgan fingerprint density at radius 3 is 2.41 bits per heavy atom. The van der Waals surface area contributed by atoms with Gasteiger partial charge in [-0.05, 0) is 18.2 Å². The molecule has 0 aliphatic heterocycles. The average molecular weight is 275 g/mol. The summed E-state index contributed by atoms with van der Waals surface area (Å²) in [6.07, 6.45) is 0. The van der Waals surface area contributed by atoms with Crippen molar-refractivity contribution in [2.75, 3.05) is 13.1 Å². The van der Waals surface area contributed by atoms with Gasteiger partial charge in [0, 0.05) is 25.0 Å². The number of carbonyl (C=O) groups excluding carboxylic acids is 2. The van der Waals surface area contributed by atoms with Crippen LogP contribution in [0.15, 0.2) is 18.2 Å². The fourth-order valence-corrected chi connectivity index (χ4v) is 1.68. The van der Waals surface area contributed by atoms with E-state index in [0.717, 1.165) is 0 Å². The molecule has 0 radical (unpaired) electrons. The monoisotopic (exact) mass is 274 g/mol. The number of rotatable bonds is 4. The molecule has 6 heteroatoms. The summed E-state index contributed by atoms with van der Waals surface area (Å²) in [5.41, 5.74) is 0.360. The highest BCUT2D eigenvalue weighted by Crippen LogP contribution is 2.20. The highest BCUT2D eigenvalue weighted by Gasteiger charge is 2.09. The van der Waals surface area contributed by atoms with Crippen molar-refractivity contribution in [2.45, 2.75) is 6.92 Å². The van der Waals surface area contributed by atoms with Gasteiger partial charge in [0.15, 0.2) is 0 Å². The highest BCUT2D eigenvalue weighted by atomic mass is 35.5. The second-order valence-corrected chi connectivity index (χ2v) is 4.21. The molecule has 1 aromatic carbocycles. The van der Waals surface area contributed by atoms with Crippen molar-refractivity contribution in [3.05, 3.63) is 33.8 Å². The van der Waals surface area contributed by atoms with E-state index in [1.807, 2.05) is 0 Å². The zero-order valence-corrected chi connectivity index (χ0v) is 10.7. The fraction of sp³-hybridized carbons (Fsp3) is 0.273. The molecular weight excluding hydrogens is 263 g/mol. The van der Waals surface area contributed by atoms with E-state index in [1.54, 1.807) is 12.1 Å². The van der Waals surface area contributed by atoms with Crippen LogP contribution < -0.4 is 10.6 Å². The number of hydrogen-bond acceptors (Lipinski definition) is 2. The van der Waals surface area contributed by atoms with Crippen molar-refractivity contribution < 1.29 is 9.59 Å². The number of nitrogens with one attached hydrogen (secondary N) is 2. The molecule has 0 aliphatic rings. The zero-order chi connectivity index (χ0) is 12.8. The minimum atomic E-state index is -0.294. The average Bonchev–Trinajstić information content (AvgIpc) is 2.23. The Bertz CT molecular complexity index is 435. The van der Waals surface area contributed by atoms with Crippen LogP contribution in [0.25, 0.3) is 0 Å². The van der Waals surface area contributed by atoms with Crippen LogP contribution in [0.5, 0.6) is 0 Å². The molecular formula is C11H12Cl2N2O2. The van der Waals surface area contributed by atoms with Gasteiger partial charge in [0.1, 0.15) is 0 Å². The third kappa shape index (κ3) is 4.63. The molecule has 0 unspecified atom stereocenters. The van der Waals surface area contributed by atoms with E-state index in [0.29, 0.717) is 28.7 Å². The summed E-state index contributed by atoms with van der Waals surface area (Å²) >= 11 is 11.6. The Hall–Kier alpha value is -1.26. The van der Waals surface area contributed by atoms with Gasteiger partial charge in [0.2, 0.25) is 5.91 Å². The molecule has 0 atom stereocenters. The number of halogens is 2. The molecule has 4 nitrogen and oxygen atoms in total. The van der Waals surface area contributed by atoms with Crippen LogP contribution in [-0.4, -0.2) is 24.9 Å². The summed E-state index contributed by atoms with van der Waals surface area (Å²) in [5.74, 6) is -0.430. The largest absolute Gasteiger partial charge is 0.355 e. The lowest BCUT2D eigenvalue weighted by atomic mass is 10.2. The van der Waals surface area contributed by atoms with Gasteiger partial charge in [0.05, 0.1) is 10.6 Å². The van der Waals surface area contributed by atoms with Gasteiger partial charge in [0.25, 0.3) is 5.91 Å². The Kier molecular flexibility index (Phi) is 5.25. The summed E-state index contributed by atoms with van der Waals surface area (Å²) in [4.78, 5) is 22.3. The van der Waals surface area contributed by atoms with Crippen LogP contribution in [-0.2, 0) is 4.79 Å². The first-order valence-corrected chi connectivity index (χ1v) is 5.74. The lowest BCUT2D eigenvalue weighted by molar-refractivity contribution is -0.118. The van der Waals surface area contributed by atoms with Gasteiger partial charge < -0.3 is 10.6 Å². The summed E-state index contributed by atoms with van der Waals surface area (Å²) in [7, 11) is 0. The molecule has 1 rings (SSSR count). The topological polar surface area (TPSA) is 58.2 Å². The molecule has 92 valence electrons. The maximum atomic E-state index is 11.7. The molecule has 0 saturated carbocycles. The van der Waals surface area contributed by atoms with Gasteiger partial charge in [-0.2, -0.15) is 0 Å². The first-order valence-electron chi connectivity index (χ1n) is 4.98. The molecule has 0 heterocycles. The molecule has 2 amide bonds. The van der Waals surface area contributed by atoms with E-state index in [2.05, 4.69) is 10.6 Å². The van der Waals surface area contributed by atoms with Gasteiger partial charge in [-0.25, -0.2) is 0 Å². The van der Waals surface area contributed by atoms with Crippen molar-refractivity contribution in [1.82, 2.24) is 10.6 Å². The molecule has 0 bridgehead atoms. The smallest absolute Gasteiger partial charge is 0.252 e. The van der Waals surface area contributed by atoms with E-state index in [-0.39, 0.29) is 11.8 Å². The standard InChI is InChI=1S/C11H12Cl2N2O2/c1-7(16)14-4-5-15-11(17)9-3-2-8(12)6-10(9)13/h2-3,6H,4-5H2,1H3,(H,14,16)(H,15,17). The van der Waals surface area contributed by atoms with Gasteiger partial charge in [-0.1, -0.05) is 23.2 Å².